The molecule has 1 aliphatic rings. The molecule has 1 fully saturated rings. The molecular weight excluding hydrogens is 517 g/mol. The van der Waals surface area contributed by atoms with Gasteiger partial charge in [-0.3, -0.25) is 0 Å². The minimum absolute atomic E-state index is 0.0181. The fraction of sp³-hybridized carbons (Fsp3) is 0.231. The Morgan fingerprint density at radius 2 is 1.59 bits per heavy atom. The Kier molecular flexibility index (Phi) is 7.21. The molecule has 0 radical (unpaired) electrons. The van der Waals surface area contributed by atoms with E-state index in [0.717, 1.165) is 19.9 Å². The first-order valence-corrected chi connectivity index (χ1v) is 14.1. The van der Waals surface area contributed by atoms with Crippen LogP contribution in [0.4, 0.5) is 0 Å². The van der Waals surface area contributed by atoms with Crippen LogP contribution < -0.4 is 4.46 Å². The first kappa shape index (κ1) is 24.2. The average molecular weight is 543 g/mol. The van der Waals surface area contributed by atoms with Gasteiger partial charge in [0.05, 0.1) is 0 Å². The van der Waals surface area contributed by atoms with Gasteiger partial charge >= 0.3 is 207 Å². The molecular formula is C26H25NO5SSe. The van der Waals surface area contributed by atoms with Crippen LogP contribution in [0.25, 0.3) is 0 Å². The Balaban J connectivity index is 1.68. The summed E-state index contributed by atoms with van der Waals surface area (Å²) >= 11 is -0.666. The summed E-state index contributed by atoms with van der Waals surface area (Å²) in [5, 5.41) is 0. The van der Waals surface area contributed by atoms with E-state index in [9.17, 15) is 18.0 Å². The van der Waals surface area contributed by atoms with Crippen LogP contribution in [0.1, 0.15) is 24.0 Å². The van der Waals surface area contributed by atoms with E-state index < -0.39 is 41.2 Å². The van der Waals surface area contributed by atoms with Crippen molar-refractivity contribution in [3.05, 3.63) is 96.1 Å². The standard InChI is InChI=1S/C26H25NO5SSe/c1-20-13-15-22(16-14-20)33(30,31)27-18-8-17-26(24(27)28,34-23-11-6-3-7-12-23)25(29)32-19-21-9-4-2-5-10-21/h2-7,9-16H,8,17-19H2,1H3. The summed E-state index contributed by atoms with van der Waals surface area (Å²) in [6.45, 7) is 1.91. The van der Waals surface area contributed by atoms with E-state index in [4.69, 9.17) is 4.74 Å². The van der Waals surface area contributed by atoms with E-state index in [-0.39, 0.29) is 24.5 Å². The number of amides is 1. The zero-order valence-electron chi connectivity index (χ0n) is 18.7. The van der Waals surface area contributed by atoms with Crippen LogP contribution in [0, 0.1) is 6.92 Å². The molecule has 1 unspecified atom stereocenters. The summed E-state index contributed by atoms with van der Waals surface area (Å²) in [6.07, 6.45) is 0.625. The molecule has 3 aromatic rings. The van der Waals surface area contributed by atoms with Crippen molar-refractivity contribution < 1.29 is 22.7 Å². The zero-order chi connectivity index (χ0) is 24.2. The number of piperidine rings is 1. The number of benzene rings is 3. The van der Waals surface area contributed by atoms with Crippen molar-refractivity contribution in [2.24, 2.45) is 0 Å². The van der Waals surface area contributed by atoms with Gasteiger partial charge in [-0.2, -0.15) is 0 Å². The van der Waals surface area contributed by atoms with Crippen LogP contribution in [-0.4, -0.2) is 46.1 Å². The summed E-state index contributed by atoms with van der Waals surface area (Å²) in [6, 6.07) is 24.8. The quantitative estimate of drug-likeness (QED) is 0.260. The Morgan fingerprint density at radius 1 is 0.971 bits per heavy atom. The molecule has 8 heteroatoms. The van der Waals surface area contributed by atoms with Crippen molar-refractivity contribution in [2.75, 3.05) is 6.54 Å². The molecule has 4 rings (SSSR count). The third-order valence-corrected chi connectivity index (χ3v) is 10.4. The average Bonchev–Trinajstić information content (AvgIpc) is 2.85. The van der Waals surface area contributed by atoms with Crippen molar-refractivity contribution in [2.45, 2.75) is 35.6 Å². The van der Waals surface area contributed by atoms with Crippen molar-refractivity contribution in [3.8, 4) is 0 Å². The monoisotopic (exact) mass is 543 g/mol. The van der Waals surface area contributed by atoms with Crippen LogP contribution >= 0.6 is 0 Å². The second kappa shape index (κ2) is 10.1. The number of rotatable bonds is 7. The summed E-state index contributed by atoms with van der Waals surface area (Å²) in [4.78, 5) is 27.4. The van der Waals surface area contributed by atoms with Gasteiger partial charge in [0.25, 0.3) is 0 Å². The maximum atomic E-state index is 13.9. The number of carbonyl (C=O) groups excluding carboxylic acids is 2. The number of sulfonamides is 1. The molecule has 0 spiro atoms. The molecule has 0 aliphatic carbocycles. The van der Waals surface area contributed by atoms with Crippen LogP contribution in [0.2, 0.25) is 4.31 Å². The molecule has 0 N–H and O–H groups in total. The van der Waals surface area contributed by atoms with E-state index in [1.807, 2.05) is 67.6 Å². The predicted octanol–water partition coefficient (Wildman–Crippen LogP) is 3.24. The molecule has 0 bridgehead atoms. The predicted molar refractivity (Wildman–Crippen MR) is 130 cm³/mol. The van der Waals surface area contributed by atoms with Gasteiger partial charge in [0, 0.05) is 0 Å². The van der Waals surface area contributed by atoms with E-state index in [0.29, 0.717) is 6.42 Å². The van der Waals surface area contributed by atoms with E-state index >= 15 is 0 Å². The molecule has 1 aliphatic heterocycles. The van der Waals surface area contributed by atoms with Gasteiger partial charge in [-0.05, 0) is 0 Å². The summed E-state index contributed by atoms with van der Waals surface area (Å²) < 4.78 is 32.6. The third-order valence-electron chi connectivity index (χ3n) is 5.65. The summed E-state index contributed by atoms with van der Waals surface area (Å²) in [5.74, 6) is -1.38. The van der Waals surface area contributed by atoms with E-state index in [1.54, 1.807) is 12.1 Å². The molecule has 1 heterocycles. The van der Waals surface area contributed by atoms with Gasteiger partial charge in [-0.15, -0.1) is 0 Å². The van der Waals surface area contributed by atoms with Crippen LogP contribution in [0.15, 0.2) is 89.8 Å². The summed E-state index contributed by atoms with van der Waals surface area (Å²) in [7, 11) is -4.11. The second-order valence-electron chi connectivity index (χ2n) is 8.10. The van der Waals surface area contributed by atoms with Crippen molar-refractivity contribution in [1.82, 2.24) is 4.31 Å². The van der Waals surface area contributed by atoms with Crippen LogP contribution in [0.5, 0.6) is 0 Å². The molecule has 0 aromatic heterocycles. The molecule has 6 nitrogen and oxygen atoms in total. The number of carbonyl (C=O) groups is 2. The topological polar surface area (TPSA) is 80.8 Å². The number of ether oxygens (including phenoxy) is 1. The number of hydrogen-bond acceptors (Lipinski definition) is 5. The van der Waals surface area contributed by atoms with Crippen molar-refractivity contribution >= 4 is 41.3 Å². The molecule has 3 aromatic carbocycles. The number of esters is 1. The Bertz CT molecular complexity index is 1260. The molecule has 1 saturated heterocycles. The van der Waals surface area contributed by atoms with Gasteiger partial charge in [-0.1, -0.05) is 0 Å². The SMILES string of the molecule is Cc1ccc(S(=O)(=O)N2CCCC([Se]c3ccccc3)(C(=O)OCc3ccccc3)C2=O)cc1. The van der Waals surface area contributed by atoms with Gasteiger partial charge in [-0.25, -0.2) is 0 Å². The fourth-order valence-corrected chi connectivity index (χ4v) is 8.10. The Labute approximate surface area is 206 Å². The molecule has 34 heavy (non-hydrogen) atoms. The van der Waals surface area contributed by atoms with E-state index in [1.165, 1.54) is 12.1 Å². The van der Waals surface area contributed by atoms with Crippen molar-refractivity contribution in [3.63, 3.8) is 0 Å². The molecule has 0 saturated carbocycles. The zero-order valence-corrected chi connectivity index (χ0v) is 21.2. The first-order chi connectivity index (χ1) is 16.3. The first-order valence-electron chi connectivity index (χ1n) is 10.9. The minimum atomic E-state index is -4.11. The Hall–Kier alpha value is -2.93. The van der Waals surface area contributed by atoms with Gasteiger partial charge in [0.15, 0.2) is 0 Å². The fourth-order valence-electron chi connectivity index (χ4n) is 3.80. The Morgan fingerprint density at radius 3 is 2.24 bits per heavy atom. The van der Waals surface area contributed by atoms with Gasteiger partial charge < -0.3 is 0 Å². The molecule has 176 valence electrons. The number of hydrogen-bond donors (Lipinski definition) is 0. The normalized spacial score (nSPS) is 18.5. The van der Waals surface area contributed by atoms with Crippen LogP contribution in [0.3, 0.4) is 0 Å². The molecule has 1 atom stereocenters. The van der Waals surface area contributed by atoms with Gasteiger partial charge in [0.1, 0.15) is 0 Å². The van der Waals surface area contributed by atoms with Gasteiger partial charge in [0.2, 0.25) is 0 Å². The number of aryl methyl sites for hydroxylation is 1. The number of nitrogens with zero attached hydrogens (tertiary/aromatic N) is 1. The van der Waals surface area contributed by atoms with Crippen LogP contribution in [-0.2, 0) is 31.0 Å². The van der Waals surface area contributed by atoms with E-state index in [2.05, 4.69) is 0 Å². The summed E-state index contributed by atoms with van der Waals surface area (Å²) in [5.41, 5.74) is 1.71. The third kappa shape index (κ3) is 4.94. The second-order valence-corrected chi connectivity index (χ2v) is 12.8. The molecule has 1 amide bonds. The maximum absolute atomic E-state index is 13.9. The van der Waals surface area contributed by atoms with Crippen molar-refractivity contribution in [1.29, 1.82) is 0 Å².